The van der Waals surface area contributed by atoms with E-state index in [1.807, 2.05) is 37.4 Å². The summed E-state index contributed by atoms with van der Waals surface area (Å²) in [5.74, 6) is 0.771. The van der Waals surface area contributed by atoms with E-state index in [-0.39, 0.29) is 0 Å². The normalized spacial score (nSPS) is 10.5. The van der Waals surface area contributed by atoms with Crippen LogP contribution >= 0.6 is 0 Å². The van der Waals surface area contributed by atoms with Gasteiger partial charge in [-0.25, -0.2) is 4.98 Å². The molecule has 0 aliphatic heterocycles. The SMILES string of the molecule is CNc1nccnc1-c1ccc2cccnc2c1. The average Bonchev–Trinajstić information content (AvgIpc) is 2.46. The van der Waals surface area contributed by atoms with Crippen molar-refractivity contribution in [2.75, 3.05) is 12.4 Å². The zero-order valence-corrected chi connectivity index (χ0v) is 9.96. The zero-order chi connectivity index (χ0) is 12.4. The first-order chi connectivity index (χ1) is 8.88. The van der Waals surface area contributed by atoms with Gasteiger partial charge >= 0.3 is 0 Å². The lowest BCUT2D eigenvalue weighted by Gasteiger charge is -2.07. The van der Waals surface area contributed by atoms with Crippen molar-refractivity contribution in [3.63, 3.8) is 0 Å². The van der Waals surface area contributed by atoms with E-state index in [4.69, 9.17) is 0 Å². The van der Waals surface area contributed by atoms with Gasteiger partial charge in [-0.1, -0.05) is 18.2 Å². The molecule has 0 radical (unpaired) electrons. The molecular weight excluding hydrogens is 224 g/mol. The molecule has 0 fully saturated rings. The molecule has 4 heteroatoms. The van der Waals surface area contributed by atoms with Gasteiger partial charge < -0.3 is 5.32 Å². The third kappa shape index (κ3) is 1.78. The highest BCUT2D eigenvalue weighted by Crippen LogP contribution is 2.25. The molecule has 0 atom stereocenters. The summed E-state index contributed by atoms with van der Waals surface area (Å²) < 4.78 is 0. The second-order valence-corrected chi connectivity index (χ2v) is 3.91. The van der Waals surface area contributed by atoms with Gasteiger partial charge in [-0.15, -0.1) is 0 Å². The summed E-state index contributed by atoms with van der Waals surface area (Å²) >= 11 is 0. The number of aromatic nitrogens is 3. The van der Waals surface area contributed by atoms with Crippen molar-refractivity contribution < 1.29 is 0 Å². The van der Waals surface area contributed by atoms with E-state index in [9.17, 15) is 0 Å². The van der Waals surface area contributed by atoms with Crippen LogP contribution in [0.1, 0.15) is 0 Å². The number of pyridine rings is 1. The summed E-state index contributed by atoms with van der Waals surface area (Å²) in [5, 5.41) is 4.17. The summed E-state index contributed by atoms with van der Waals surface area (Å²) in [6.45, 7) is 0. The maximum Gasteiger partial charge on any atom is 0.152 e. The first kappa shape index (κ1) is 10.7. The average molecular weight is 236 g/mol. The van der Waals surface area contributed by atoms with Crippen LogP contribution in [0.25, 0.3) is 22.2 Å². The van der Waals surface area contributed by atoms with Crippen LogP contribution in [0.2, 0.25) is 0 Å². The Labute approximate surface area is 105 Å². The number of hydrogen-bond donors (Lipinski definition) is 1. The molecule has 88 valence electrons. The Morgan fingerprint density at radius 3 is 2.72 bits per heavy atom. The molecule has 4 nitrogen and oxygen atoms in total. The Bertz CT molecular complexity index is 694. The fraction of sp³-hybridized carbons (Fsp3) is 0.0714. The molecule has 0 unspecified atom stereocenters. The molecule has 3 rings (SSSR count). The minimum atomic E-state index is 0.771. The Morgan fingerprint density at radius 2 is 1.83 bits per heavy atom. The van der Waals surface area contributed by atoms with E-state index in [0.717, 1.165) is 28.0 Å². The topological polar surface area (TPSA) is 50.7 Å². The molecule has 3 aromatic rings. The molecule has 18 heavy (non-hydrogen) atoms. The Kier molecular flexibility index (Phi) is 2.61. The van der Waals surface area contributed by atoms with Crippen molar-refractivity contribution >= 4 is 16.7 Å². The van der Waals surface area contributed by atoms with E-state index in [2.05, 4.69) is 20.3 Å². The summed E-state index contributed by atoms with van der Waals surface area (Å²) in [4.78, 5) is 13.0. The van der Waals surface area contributed by atoms with Gasteiger partial charge in [-0.05, 0) is 12.1 Å². The van der Waals surface area contributed by atoms with Crippen molar-refractivity contribution in [3.05, 3.63) is 48.9 Å². The van der Waals surface area contributed by atoms with Crippen LogP contribution in [0.5, 0.6) is 0 Å². The molecule has 0 saturated heterocycles. The van der Waals surface area contributed by atoms with Crippen molar-refractivity contribution in [2.24, 2.45) is 0 Å². The molecule has 0 aliphatic rings. The number of benzene rings is 1. The van der Waals surface area contributed by atoms with Crippen LogP contribution in [0.15, 0.2) is 48.9 Å². The highest BCUT2D eigenvalue weighted by atomic mass is 15.0. The number of fused-ring (bicyclic) bond motifs is 1. The van der Waals surface area contributed by atoms with Gasteiger partial charge in [0.1, 0.15) is 5.69 Å². The smallest absolute Gasteiger partial charge is 0.152 e. The summed E-state index contributed by atoms with van der Waals surface area (Å²) in [7, 11) is 1.84. The van der Waals surface area contributed by atoms with Crippen LogP contribution in [0.4, 0.5) is 5.82 Å². The second-order valence-electron chi connectivity index (χ2n) is 3.91. The monoisotopic (exact) mass is 236 g/mol. The van der Waals surface area contributed by atoms with Crippen molar-refractivity contribution in [2.45, 2.75) is 0 Å². The molecule has 0 amide bonds. The first-order valence-corrected chi connectivity index (χ1v) is 5.72. The number of nitrogens with one attached hydrogen (secondary N) is 1. The van der Waals surface area contributed by atoms with Crippen molar-refractivity contribution in [1.29, 1.82) is 0 Å². The molecule has 0 saturated carbocycles. The third-order valence-electron chi connectivity index (χ3n) is 2.81. The summed E-state index contributed by atoms with van der Waals surface area (Å²) in [5.41, 5.74) is 2.81. The fourth-order valence-corrected chi connectivity index (χ4v) is 1.95. The van der Waals surface area contributed by atoms with Gasteiger partial charge in [-0.3, -0.25) is 9.97 Å². The van der Waals surface area contributed by atoms with E-state index in [1.54, 1.807) is 18.6 Å². The quantitative estimate of drug-likeness (QED) is 0.743. The van der Waals surface area contributed by atoms with Gasteiger partial charge in [0.05, 0.1) is 5.52 Å². The molecule has 0 bridgehead atoms. The maximum atomic E-state index is 4.37. The standard InChI is InChI=1S/C14H12N4/c1-15-14-13(17-7-8-18-14)11-5-4-10-3-2-6-16-12(10)9-11/h2-9H,1H3,(H,15,18). The summed E-state index contributed by atoms with van der Waals surface area (Å²) in [6, 6.07) is 10.1. The van der Waals surface area contributed by atoms with Gasteiger partial charge in [0.25, 0.3) is 0 Å². The lowest BCUT2D eigenvalue weighted by atomic mass is 10.1. The van der Waals surface area contributed by atoms with Crippen molar-refractivity contribution in [1.82, 2.24) is 15.0 Å². The number of hydrogen-bond acceptors (Lipinski definition) is 4. The Balaban J connectivity index is 2.19. The van der Waals surface area contributed by atoms with E-state index >= 15 is 0 Å². The largest absolute Gasteiger partial charge is 0.371 e. The minimum absolute atomic E-state index is 0.771. The lowest BCUT2D eigenvalue weighted by Crippen LogP contribution is -1.97. The molecule has 2 aromatic heterocycles. The van der Waals surface area contributed by atoms with Crippen LogP contribution in [-0.2, 0) is 0 Å². The highest BCUT2D eigenvalue weighted by molar-refractivity contribution is 5.85. The van der Waals surface area contributed by atoms with Crippen LogP contribution < -0.4 is 5.32 Å². The van der Waals surface area contributed by atoms with Crippen LogP contribution in [0, 0.1) is 0 Å². The minimum Gasteiger partial charge on any atom is -0.371 e. The van der Waals surface area contributed by atoms with Crippen molar-refractivity contribution in [3.8, 4) is 11.3 Å². The molecule has 2 heterocycles. The maximum absolute atomic E-state index is 4.37. The second kappa shape index (κ2) is 4.41. The van der Waals surface area contributed by atoms with Crippen LogP contribution in [0.3, 0.4) is 0 Å². The van der Waals surface area contributed by atoms with E-state index in [1.165, 1.54) is 0 Å². The zero-order valence-electron chi connectivity index (χ0n) is 9.96. The lowest BCUT2D eigenvalue weighted by molar-refractivity contribution is 1.19. The number of rotatable bonds is 2. The van der Waals surface area contributed by atoms with Crippen LogP contribution in [-0.4, -0.2) is 22.0 Å². The van der Waals surface area contributed by atoms with E-state index < -0.39 is 0 Å². The Hall–Kier alpha value is -2.49. The molecule has 1 aromatic carbocycles. The molecule has 0 spiro atoms. The third-order valence-corrected chi connectivity index (χ3v) is 2.81. The van der Waals surface area contributed by atoms with Gasteiger partial charge in [0.15, 0.2) is 5.82 Å². The molecule has 0 aliphatic carbocycles. The first-order valence-electron chi connectivity index (χ1n) is 5.72. The Morgan fingerprint density at radius 1 is 0.944 bits per heavy atom. The number of anilines is 1. The predicted molar refractivity (Wildman–Crippen MR) is 72.3 cm³/mol. The summed E-state index contributed by atoms with van der Waals surface area (Å²) in [6.07, 6.45) is 5.16. The fourth-order valence-electron chi connectivity index (χ4n) is 1.95. The molecule has 1 N–H and O–H groups in total. The molecular formula is C14H12N4. The van der Waals surface area contributed by atoms with E-state index in [0.29, 0.717) is 0 Å². The number of nitrogens with zero attached hydrogens (tertiary/aromatic N) is 3. The van der Waals surface area contributed by atoms with Gasteiger partial charge in [0.2, 0.25) is 0 Å². The van der Waals surface area contributed by atoms with Gasteiger partial charge in [-0.2, -0.15) is 0 Å². The predicted octanol–water partition coefficient (Wildman–Crippen LogP) is 2.73. The highest BCUT2D eigenvalue weighted by Gasteiger charge is 2.07. The van der Waals surface area contributed by atoms with Gasteiger partial charge in [0, 0.05) is 36.6 Å².